The molecule has 4 rings (SSSR count). The maximum Gasteiger partial charge on any atom is 0.223 e. The number of carbonyl (C=O) groups excluding carboxylic acids is 2. The number of fused-ring (bicyclic) bond motifs is 1. The van der Waals surface area contributed by atoms with Crippen LogP contribution in [-0.2, 0) is 11.2 Å². The summed E-state index contributed by atoms with van der Waals surface area (Å²) in [7, 11) is 0. The minimum Gasteiger partial charge on any atom is -0.371 e. The second-order valence-electron chi connectivity index (χ2n) is 7.69. The maximum atomic E-state index is 12.6. The molecule has 3 aromatic carbocycles. The quantitative estimate of drug-likeness (QED) is 0.645. The molecule has 4 heteroatoms. The van der Waals surface area contributed by atoms with E-state index < -0.39 is 0 Å². The number of nitrogens with one attached hydrogen (secondary N) is 1. The van der Waals surface area contributed by atoms with Crippen molar-refractivity contribution in [1.82, 2.24) is 5.32 Å². The predicted molar refractivity (Wildman–Crippen MR) is 117 cm³/mol. The molecule has 1 saturated heterocycles. The number of hydrogen-bond donors (Lipinski definition) is 1. The summed E-state index contributed by atoms with van der Waals surface area (Å²) in [5, 5.41) is 5.61. The molecule has 0 unspecified atom stereocenters. The van der Waals surface area contributed by atoms with Crippen molar-refractivity contribution in [3.8, 4) is 0 Å². The Kier molecular flexibility index (Phi) is 5.89. The van der Waals surface area contributed by atoms with Crippen LogP contribution in [0.5, 0.6) is 0 Å². The molecule has 0 saturated carbocycles. The van der Waals surface area contributed by atoms with Gasteiger partial charge in [0.05, 0.1) is 0 Å². The summed E-state index contributed by atoms with van der Waals surface area (Å²) in [5.74, 6) is 0.249. The highest BCUT2D eigenvalue weighted by Crippen LogP contribution is 2.23. The topological polar surface area (TPSA) is 49.4 Å². The third kappa shape index (κ3) is 4.65. The van der Waals surface area contributed by atoms with E-state index in [1.807, 2.05) is 30.3 Å². The fraction of sp³-hybridized carbons (Fsp3) is 0.280. The van der Waals surface area contributed by atoms with E-state index in [9.17, 15) is 9.59 Å². The number of amides is 1. The monoisotopic (exact) mass is 386 g/mol. The largest absolute Gasteiger partial charge is 0.371 e. The van der Waals surface area contributed by atoms with E-state index in [0.717, 1.165) is 44.3 Å². The first-order valence-electron chi connectivity index (χ1n) is 10.3. The van der Waals surface area contributed by atoms with Crippen LogP contribution in [-0.4, -0.2) is 31.8 Å². The predicted octanol–water partition coefficient (Wildman–Crippen LogP) is 4.23. The van der Waals surface area contributed by atoms with Crippen molar-refractivity contribution in [2.75, 3.05) is 24.5 Å². The second kappa shape index (κ2) is 8.91. The summed E-state index contributed by atoms with van der Waals surface area (Å²) in [5.41, 5.74) is 3.05. The summed E-state index contributed by atoms with van der Waals surface area (Å²) in [6.07, 6.45) is 3.42. The van der Waals surface area contributed by atoms with Crippen LogP contribution in [0.25, 0.3) is 10.8 Å². The van der Waals surface area contributed by atoms with Gasteiger partial charge in [0.25, 0.3) is 0 Å². The van der Waals surface area contributed by atoms with Gasteiger partial charge in [0, 0.05) is 36.8 Å². The minimum atomic E-state index is 0.0806. The summed E-state index contributed by atoms with van der Waals surface area (Å²) in [6.45, 7) is 2.40. The van der Waals surface area contributed by atoms with Gasteiger partial charge in [-0.15, -0.1) is 0 Å². The molecule has 1 fully saturated rings. The zero-order valence-electron chi connectivity index (χ0n) is 16.5. The van der Waals surface area contributed by atoms with Gasteiger partial charge in [0.2, 0.25) is 5.91 Å². The van der Waals surface area contributed by atoms with Crippen LogP contribution in [0.2, 0.25) is 0 Å². The highest BCUT2D eigenvalue weighted by atomic mass is 16.1. The Morgan fingerprint density at radius 3 is 2.41 bits per heavy atom. The molecule has 0 atom stereocenters. The number of nitrogens with zero attached hydrogens (tertiary/aromatic N) is 1. The van der Waals surface area contributed by atoms with E-state index >= 15 is 0 Å². The molecular formula is C25H26N2O2. The lowest BCUT2D eigenvalue weighted by molar-refractivity contribution is -0.125. The fourth-order valence-electron chi connectivity index (χ4n) is 4.03. The summed E-state index contributed by atoms with van der Waals surface area (Å²) in [4.78, 5) is 25.6. The third-order valence-electron chi connectivity index (χ3n) is 5.79. The minimum absolute atomic E-state index is 0.0806. The van der Waals surface area contributed by atoms with E-state index in [1.54, 1.807) is 0 Å². The molecule has 148 valence electrons. The zero-order valence-corrected chi connectivity index (χ0v) is 16.5. The molecule has 29 heavy (non-hydrogen) atoms. The van der Waals surface area contributed by atoms with Crippen molar-refractivity contribution in [1.29, 1.82) is 0 Å². The number of piperidine rings is 1. The highest BCUT2D eigenvalue weighted by Gasteiger charge is 2.24. The molecular weight excluding hydrogens is 360 g/mol. The summed E-state index contributed by atoms with van der Waals surface area (Å²) < 4.78 is 0. The van der Waals surface area contributed by atoms with Gasteiger partial charge in [-0.1, -0.05) is 42.5 Å². The number of carbonyl (C=O) groups is 2. The maximum absolute atomic E-state index is 12.6. The Labute approximate surface area is 171 Å². The van der Waals surface area contributed by atoms with Crippen LogP contribution in [0.1, 0.15) is 28.8 Å². The van der Waals surface area contributed by atoms with Gasteiger partial charge in [-0.2, -0.15) is 0 Å². The van der Waals surface area contributed by atoms with Crippen molar-refractivity contribution in [3.63, 3.8) is 0 Å². The van der Waals surface area contributed by atoms with Gasteiger partial charge < -0.3 is 10.2 Å². The Hall–Kier alpha value is -3.14. The number of hydrogen-bond acceptors (Lipinski definition) is 3. The van der Waals surface area contributed by atoms with Crippen molar-refractivity contribution in [2.45, 2.75) is 19.3 Å². The van der Waals surface area contributed by atoms with Gasteiger partial charge in [-0.3, -0.25) is 9.59 Å². The normalized spacial score (nSPS) is 14.7. The van der Waals surface area contributed by atoms with Gasteiger partial charge in [0.1, 0.15) is 6.29 Å². The molecule has 0 aliphatic carbocycles. The van der Waals surface area contributed by atoms with E-state index in [-0.39, 0.29) is 11.8 Å². The van der Waals surface area contributed by atoms with Crippen molar-refractivity contribution in [3.05, 3.63) is 77.9 Å². The highest BCUT2D eigenvalue weighted by molar-refractivity contribution is 5.83. The molecule has 0 spiro atoms. The van der Waals surface area contributed by atoms with Crippen molar-refractivity contribution >= 4 is 28.7 Å². The van der Waals surface area contributed by atoms with E-state index in [4.69, 9.17) is 0 Å². The smallest absolute Gasteiger partial charge is 0.223 e. The summed E-state index contributed by atoms with van der Waals surface area (Å²) in [6, 6.07) is 22.5. The van der Waals surface area contributed by atoms with Crippen LogP contribution < -0.4 is 10.2 Å². The SMILES string of the molecule is O=Cc1ccc(N2CCC(C(=O)NCCc3ccc4ccccc4c3)CC2)cc1. The molecule has 1 heterocycles. The Balaban J connectivity index is 1.24. The van der Waals surface area contributed by atoms with Gasteiger partial charge in [-0.25, -0.2) is 0 Å². The Bertz CT molecular complexity index is 989. The number of aldehydes is 1. The summed E-state index contributed by atoms with van der Waals surface area (Å²) >= 11 is 0. The number of benzene rings is 3. The first-order chi connectivity index (χ1) is 14.2. The van der Waals surface area contributed by atoms with E-state index in [0.29, 0.717) is 12.1 Å². The molecule has 1 N–H and O–H groups in total. The average molecular weight is 386 g/mol. The van der Waals surface area contributed by atoms with E-state index in [1.165, 1.54) is 16.3 Å². The van der Waals surface area contributed by atoms with Crippen molar-refractivity contribution in [2.24, 2.45) is 5.92 Å². The van der Waals surface area contributed by atoms with Crippen LogP contribution in [0.15, 0.2) is 66.7 Å². The van der Waals surface area contributed by atoms with Crippen LogP contribution in [0.4, 0.5) is 5.69 Å². The van der Waals surface area contributed by atoms with Gasteiger partial charge in [0.15, 0.2) is 0 Å². The van der Waals surface area contributed by atoms with Crippen molar-refractivity contribution < 1.29 is 9.59 Å². The standard InChI is InChI=1S/C25H26N2O2/c28-18-20-6-9-24(10-7-20)27-15-12-22(13-16-27)25(29)26-14-11-19-5-8-21-3-1-2-4-23(21)17-19/h1-10,17-18,22H,11-16H2,(H,26,29). The molecule has 0 radical (unpaired) electrons. The lowest BCUT2D eigenvalue weighted by atomic mass is 9.95. The Morgan fingerprint density at radius 2 is 1.69 bits per heavy atom. The Morgan fingerprint density at radius 1 is 0.966 bits per heavy atom. The lowest BCUT2D eigenvalue weighted by Crippen LogP contribution is -2.41. The molecule has 1 aliphatic rings. The van der Waals surface area contributed by atoms with Crippen LogP contribution >= 0.6 is 0 Å². The lowest BCUT2D eigenvalue weighted by Gasteiger charge is -2.33. The molecule has 1 aliphatic heterocycles. The first kappa shape index (κ1) is 19.2. The molecule has 0 bridgehead atoms. The zero-order chi connectivity index (χ0) is 20.1. The molecule has 1 amide bonds. The van der Waals surface area contributed by atoms with Crippen LogP contribution in [0, 0.1) is 5.92 Å². The molecule has 3 aromatic rings. The average Bonchev–Trinajstić information content (AvgIpc) is 2.79. The second-order valence-corrected chi connectivity index (χ2v) is 7.69. The number of rotatable bonds is 6. The van der Waals surface area contributed by atoms with Crippen LogP contribution in [0.3, 0.4) is 0 Å². The first-order valence-corrected chi connectivity index (χ1v) is 10.3. The third-order valence-corrected chi connectivity index (χ3v) is 5.79. The van der Waals surface area contributed by atoms with Gasteiger partial charge in [-0.05, 0) is 59.9 Å². The van der Waals surface area contributed by atoms with Gasteiger partial charge >= 0.3 is 0 Å². The molecule has 4 nitrogen and oxygen atoms in total. The number of anilines is 1. The fourth-order valence-corrected chi connectivity index (χ4v) is 4.03. The van der Waals surface area contributed by atoms with E-state index in [2.05, 4.69) is 46.6 Å². The molecule has 0 aromatic heterocycles.